The third-order valence-electron chi connectivity index (χ3n) is 13.1. The number of aliphatic carboxylic acids is 1. The lowest BCUT2D eigenvalue weighted by molar-refractivity contribution is -0.422. The smallest absolute Gasteiger partial charge is 0.355 e. The highest BCUT2D eigenvalue weighted by molar-refractivity contribution is 6.43. The van der Waals surface area contributed by atoms with Crippen LogP contribution in [-0.2, 0) is 26.2 Å². The molecule has 1 amide bonds. The van der Waals surface area contributed by atoms with Crippen LogP contribution < -0.4 is 9.64 Å². The summed E-state index contributed by atoms with van der Waals surface area (Å²) in [6, 6.07) is 14.1. The predicted molar refractivity (Wildman–Crippen MR) is 221 cm³/mol. The molecule has 8 atom stereocenters. The SMILES string of the molecule is CCC1=NCN=C1Cc1cc(C=CC(=O)N2c3cc(O[C@@]4(O)O[C@H](CO)[C@@H](O)[C@H](O)[C@H]4O)c(O)cc3[C@@H]3[C@H](C4(c5ccccc5O)CCCCC4)C=C[C@]32C(=O)O)ccc1O. The van der Waals surface area contributed by atoms with Gasteiger partial charge in [0, 0.05) is 41.0 Å². The Hall–Kier alpha value is -5.62. The Morgan fingerprint density at radius 3 is 2.38 bits per heavy atom. The number of nitrogens with zero attached hydrogens (tertiary/aromatic N) is 3. The number of rotatable bonds is 11. The standard InChI is InChI=1S/C45H49N3O13/c1-2-29-30(47-23-46-29)19-25-18-24(10-12-32(25)50)11-13-37(53)48-31-21-35(60-45(59)41(56)40(55)39(54)36(22-49)61-45)34(52)20-26(31)38-28(14-17-44(38,48)42(57)58)43(15-6-3-7-16-43)27-8-4-5-9-33(27)51/h4-5,8-14,17-18,20-21,28,36,38-41,49-52,54-56,59H,2-3,6-7,15-16,19,22-23H2,1H3,(H,57,58)/t28-,36-,38-,39-,40+,41-,44-,45-/m1/s1. The van der Waals surface area contributed by atoms with E-state index >= 15 is 0 Å². The molecule has 322 valence electrons. The lowest BCUT2D eigenvalue weighted by atomic mass is 9.57. The number of amides is 1. The van der Waals surface area contributed by atoms with E-state index in [1.54, 1.807) is 30.3 Å². The average Bonchev–Trinajstić information content (AvgIpc) is 3.95. The van der Waals surface area contributed by atoms with Gasteiger partial charge >= 0.3 is 11.9 Å². The number of carbonyl (C=O) groups is 2. The van der Waals surface area contributed by atoms with Gasteiger partial charge < -0.3 is 55.4 Å². The minimum Gasteiger partial charge on any atom is -0.508 e. The van der Waals surface area contributed by atoms with Crippen molar-refractivity contribution < 1.29 is 65.0 Å². The maximum Gasteiger partial charge on any atom is 0.355 e. The topological polar surface area (TPSA) is 263 Å². The van der Waals surface area contributed by atoms with Gasteiger partial charge in [0.25, 0.3) is 5.91 Å². The number of aliphatic imine (C=N–C) groups is 2. The Morgan fingerprint density at radius 2 is 1.67 bits per heavy atom. The summed E-state index contributed by atoms with van der Waals surface area (Å²) < 4.78 is 10.9. The first-order valence-electron chi connectivity index (χ1n) is 20.4. The molecule has 5 aliphatic rings. The molecule has 8 rings (SSSR count). The molecule has 3 aromatic carbocycles. The summed E-state index contributed by atoms with van der Waals surface area (Å²) in [4.78, 5) is 38.7. The fraction of sp³-hybridized carbons (Fsp3) is 0.422. The fourth-order valence-corrected chi connectivity index (χ4v) is 10.1. The van der Waals surface area contributed by atoms with Gasteiger partial charge in [-0.3, -0.25) is 19.7 Å². The second kappa shape index (κ2) is 16.0. The quantitative estimate of drug-likeness (QED) is 0.0765. The zero-order chi connectivity index (χ0) is 43.4. The average molecular weight is 840 g/mol. The maximum absolute atomic E-state index is 14.8. The molecule has 0 spiro atoms. The van der Waals surface area contributed by atoms with Gasteiger partial charge in [-0.25, -0.2) is 4.79 Å². The second-order valence-corrected chi connectivity index (χ2v) is 16.4. The van der Waals surface area contributed by atoms with Gasteiger partial charge in [-0.2, -0.15) is 0 Å². The molecule has 0 radical (unpaired) electrons. The number of phenols is 3. The molecule has 3 aliphatic heterocycles. The number of aromatic hydroxyl groups is 3. The van der Waals surface area contributed by atoms with E-state index in [0.717, 1.165) is 41.7 Å². The van der Waals surface area contributed by atoms with Crippen molar-refractivity contribution in [2.45, 2.75) is 99.1 Å². The van der Waals surface area contributed by atoms with Crippen molar-refractivity contribution >= 4 is 35.1 Å². The van der Waals surface area contributed by atoms with Crippen LogP contribution in [0.4, 0.5) is 5.69 Å². The van der Waals surface area contributed by atoms with Crippen molar-refractivity contribution in [1.82, 2.24) is 0 Å². The number of para-hydroxylation sites is 1. The highest BCUT2D eigenvalue weighted by Crippen LogP contribution is 2.64. The molecule has 16 heteroatoms. The molecule has 0 aromatic heterocycles. The summed E-state index contributed by atoms with van der Waals surface area (Å²) in [5, 5.41) is 97.7. The Balaban J connectivity index is 1.24. The fourth-order valence-electron chi connectivity index (χ4n) is 10.1. The van der Waals surface area contributed by atoms with Crippen LogP contribution in [0.1, 0.15) is 73.6 Å². The zero-order valence-electron chi connectivity index (χ0n) is 33.3. The first kappa shape index (κ1) is 42.1. The molecule has 3 aromatic rings. The van der Waals surface area contributed by atoms with Crippen molar-refractivity contribution in [3.8, 4) is 23.0 Å². The van der Waals surface area contributed by atoms with E-state index < -0.39 is 83.2 Å². The molecular formula is C45H49N3O13. The minimum atomic E-state index is -3.14. The summed E-state index contributed by atoms with van der Waals surface area (Å²) >= 11 is 0. The minimum absolute atomic E-state index is 0.0197. The number of anilines is 1. The Morgan fingerprint density at radius 1 is 0.934 bits per heavy atom. The first-order chi connectivity index (χ1) is 29.2. The highest BCUT2D eigenvalue weighted by atomic mass is 16.8. The molecule has 2 fully saturated rings. The monoisotopic (exact) mass is 839 g/mol. The Labute approximate surface area is 350 Å². The number of hydrogen-bond acceptors (Lipinski definition) is 14. The number of allylic oxidation sites excluding steroid dienone is 1. The first-order valence-corrected chi connectivity index (χ1v) is 20.4. The normalized spacial score (nSPS) is 30.2. The van der Waals surface area contributed by atoms with Crippen molar-refractivity contribution in [2.24, 2.45) is 15.9 Å². The van der Waals surface area contributed by atoms with Crippen molar-refractivity contribution in [3.63, 3.8) is 0 Å². The molecule has 2 aliphatic carbocycles. The van der Waals surface area contributed by atoms with Crippen LogP contribution in [0.5, 0.6) is 23.0 Å². The van der Waals surface area contributed by atoms with Crippen molar-refractivity contribution in [3.05, 3.63) is 95.1 Å². The van der Waals surface area contributed by atoms with Gasteiger partial charge in [-0.05, 0) is 66.6 Å². The third-order valence-corrected chi connectivity index (χ3v) is 13.1. The van der Waals surface area contributed by atoms with E-state index in [9.17, 15) is 55.5 Å². The summed E-state index contributed by atoms with van der Waals surface area (Å²) in [5.41, 5.74) is 0.589. The van der Waals surface area contributed by atoms with Crippen LogP contribution in [0.15, 0.2) is 82.8 Å². The van der Waals surface area contributed by atoms with Gasteiger partial charge in [-0.1, -0.05) is 62.6 Å². The summed E-state index contributed by atoms with van der Waals surface area (Å²) in [5.74, 6) is -8.17. The molecule has 0 bridgehead atoms. The number of aliphatic hydroxyl groups is 5. The number of benzene rings is 3. The van der Waals surface area contributed by atoms with Crippen LogP contribution in [0.3, 0.4) is 0 Å². The van der Waals surface area contributed by atoms with Crippen molar-refractivity contribution in [1.29, 1.82) is 0 Å². The van der Waals surface area contributed by atoms with Gasteiger partial charge in [0.15, 0.2) is 23.1 Å². The lowest BCUT2D eigenvalue weighted by Gasteiger charge is -2.46. The zero-order valence-corrected chi connectivity index (χ0v) is 33.3. The molecule has 1 saturated heterocycles. The van der Waals surface area contributed by atoms with Crippen LogP contribution in [-0.4, -0.2) is 118 Å². The second-order valence-electron chi connectivity index (χ2n) is 16.4. The van der Waals surface area contributed by atoms with E-state index in [1.165, 1.54) is 30.4 Å². The predicted octanol–water partition coefficient (Wildman–Crippen LogP) is 3.16. The maximum atomic E-state index is 14.8. The number of carbonyl (C=O) groups excluding carboxylic acids is 1. The summed E-state index contributed by atoms with van der Waals surface area (Å²) in [6.07, 6.45) is 2.74. The molecule has 1 saturated carbocycles. The van der Waals surface area contributed by atoms with Gasteiger partial charge in [0.2, 0.25) is 0 Å². The summed E-state index contributed by atoms with van der Waals surface area (Å²) in [7, 11) is 0. The molecule has 0 unspecified atom stereocenters. The Kier molecular flexibility index (Phi) is 11.0. The Bertz CT molecular complexity index is 2350. The number of carboxylic acid groups (broad SMARTS) is 1. The van der Waals surface area contributed by atoms with Gasteiger partial charge in [0.1, 0.15) is 36.5 Å². The van der Waals surface area contributed by atoms with Gasteiger partial charge in [-0.15, -0.1) is 0 Å². The number of carboxylic acids is 1. The highest BCUT2D eigenvalue weighted by Gasteiger charge is 2.66. The molecule has 61 heavy (non-hydrogen) atoms. The van der Waals surface area contributed by atoms with Crippen LogP contribution in [0, 0.1) is 5.92 Å². The number of hydrogen-bond donors (Lipinski definition) is 9. The number of aliphatic hydroxyl groups excluding tert-OH is 4. The number of phenolic OH excluding ortho intramolecular Hbond substituents is 3. The lowest BCUT2D eigenvalue weighted by Crippen LogP contribution is -2.67. The third kappa shape index (κ3) is 6.87. The molecule has 3 heterocycles. The van der Waals surface area contributed by atoms with E-state index in [2.05, 4.69) is 9.98 Å². The van der Waals surface area contributed by atoms with Crippen LogP contribution in [0.25, 0.3) is 6.08 Å². The van der Waals surface area contributed by atoms with Gasteiger partial charge in [0.05, 0.1) is 23.7 Å². The van der Waals surface area contributed by atoms with E-state index in [-0.39, 0.29) is 22.7 Å². The van der Waals surface area contributed by atoms with Crippen molar-refractivity contribution in [2.75, 3.05) is 18.2 Å². The van der Waals surface area contributed by atoms with E-state index in [1.807, 2.05) is 19.1 Å². The van der Waals surface area contributed by atoms with E-state index in [0.29, 0.717) is 49.0 Å². The number of fused-ring (bicyclic) bond motifs is 3. The molecular weight excluding hydrogens is 791 g/mol. The van der Waals surface area contributed by atoms with Crippen LogP contribution >= 0.6 is 0 Å². The molecule has 9 N–H and O–H groups in total. The largest absolute Gasteiger partial charge is 0.508 e. The van der Waals surface area contributed by atoms with E-state index in [4.69, 9.17) is 9.47 Å². The van der Waals surface area contributed by atoms with Crippen LogP contribution in [0.2, 0.25) is 0 Å². The summed E-state index contributed by atoms with van der Waals surface area (Å²) in [6.45, 7) is 1.37. The molecule has 16 nitrogen and oxygen atoms in total. The number of ether oxygens (including phenoxy) is 2.